The van der Waals surface area contributed by atoms with E-state index in [1.54, 1.807) is 14.2 Å². The SMILES string of the molecule is COc1cccc(-c2c(OC)cccc2C2=NC(C)(C)CO2)c1. The third kappa shape index (κ3) is 3.02. The van der Waals surface area contributed by atoms with Crippen molar-refractivity contribution in [1.29, 1.82) is 0 Å². The number of methoxy groups -OCH3 is 2. The summed E-state index contributed by atoms with van der Waals surface area (Å²) in [6, 6.07) is 13.8. The highest BCUT2D eigenvalue weighted by Gasteiger charge is 2.29. The van der Waals surface area contributed by atoms with Gasteiger partial charge in [0, 0.05) is 11.1 Å². The van der Waals surface area contributed by atoms with Crippen LogP contribution in [-0.4, -0.2) is 32.3 Å². The maximum absolute atomic E-state index is 5.84. The van der Waals surface area contributed by atoms with E-state index in [1.165, 1.54) is 0 Å². The number of ether oxygens (including phenoxy) is 3. The zero-order valence-electron chi connectivity index (χ0n) is 13.9. The van der Waals surface area contributed by atoms with Gasteiger partial charge in [0.15, 0.2) is 0 Å². The summed E-state index contributed by atoms with van der Waals surface area (Å²) in [7, 11) is 3.33. The molecule has 1 heterocycles. The molecule has 1 aliphatic heterocycles. The molecule has 0 atom stereocenters. The van der Waals surface area contributed by atoms with E-state index in [2.05, 4.69) is 13.8 Å². The molecule has 2 aromatic rings. The fraction of sp³-hybridized carbons (Fsp3) is 0.316. The molecule has 0 N–H and O–H groups in total. The second-order valence-electron chi connectivity index (χ2n) is 6.13. The molecule has 120 valence electrons. The van der Waals surface area contributed by atoms with Crippen molar-refractivity contribution in [3.8, 4) is 22.6 Å². The molecule has 0 aliphatic carbocycles. The van der Waals surface area contributed by atoms with Crippen LogP contribution in [0, 0.1) is 0 Å². The Morgan fingerprint density at radius 1 is 1.04 bits per heavy atom. The quantitative estimate of drug-likeness (QED) is 0.859. The van der Waals surface area contributed by atoms with Crippen molar-refractivity contribution in [2.24, 2.45) is 4.99 Å². The molecule has 0 bridgehead atoms. The predicted octanol–water partition coefficient (Wildman–Crippen LogP) is 3.93. The van der Waals surface area contributed by atoms with Crippen molar-refractivity contribution < 1.29 is 14.2 Å². The molecular formula is C19H21NO3. The number of hydrogen-bond donors (Lipinski definition) is 0. The summed E-state index contributed by atoms with van der Waals surface area (Å²) in [5, 5.41) is 0. The Morgan fingerprint density at radius 2 is 1.83 bits per heavy atom. The molecule has 0 saturated carbocycles. The maximum Gasteiger partial charge on any atom is 0.217 e. The smallest absolute Gasteiger partial charge is 0.217 e. The Balaban J connectivity index is 2.18. The van der Waals surface area contributed by atoms with E-state index in [-0.39, 0.29) is 5.54 Å². The van der Waals surface area contributed by atoms with Crippen LogP contribution in [0.2, 0.25) is 0 Å². The monoisotopic (exact) mass is 311 g/mol. The number of hydrogen-bond acceptors (Lipinski definition) is 4. The normalized spacial score (nSPS) is 15.7. The van der Waals surface area contributed by atoms with Gasteiger partial charge in [0.05, 0.1) is 19.8 Å². The Labute approximate surface area is 136 Å². The van der Waals surface area contributed by atoms with Gasteiger partial charge in [-0.15, -0.1) is 0 Å². The Bertz CT molecular complexity index is 750. The topological polar surface area (TPSA) is 40.0 Å². The van der Waals surface area contributed by atoms with Crippen molar-refractivity contribution in [2.75, 3.05) is 20.8 Å². The van der Waals surface area contributed by atoms with Gasteiger partial charge in [-0.25, -0.2) is 4.99 Å². The number of rotatable bonds is 4. The molecule has 2 aromatic carbocycles. The van der Waals surface area contributed by atoms with Crippen molar-refractivity contribution in [1.82, 2.24) is 0 Å². The summed E-state index contributed by atoms with van der Waals surface area (Å²) in [6.07, 6.45) is 0. The first-order valence-corrected chi connectivity index (χ1v) is 7.58. The minimum absolute atomic E-state index is 0.204. The molecule has 23 heavy (non-hydrogen) atoms. The summed E-state index contributed by atoms with van der Waals surface area (Å²) in [4.78, 5) is 4.70. The van der Waals surface area contributed by atoms with Crippen molar-refractivity contribution in [2.45, 2.75) is 19.4 Å². The van der Waals surface area contributed by atoms with Crippen molar-refractivity contribution >= 4 is 5.90 Å². The standard InChI is InChI=1S/C19H21NO3/c1-19(2)12-23-18(20-19)15-9-6-10-16(22-4)17(15)13-7-5-8-14(11-13)21-3/h5-11H,12H2,1-4H3. The van der Waals surface area contributed by atoms with Gasteiger partial charge >= 0.3 is 0 Å². The lowest BCUT2D eigenvalue weighted by Crippen LogP contribution is -2.17. The predicted molar refractivity (Wildman–Crippen MR) is 91.6 cm³/mol. The van der Waals surface area contributed by atoms with Gasteiger partial charge in [-0.1, -0.05) is 18.2 Å². The van der Waals surface area contributed by atoms with E-state index in [9.17, 15) is 0 Å². The van der Waals surface area contributed by atoms with Gasteiger partial charge in [0.1, 0.15) is 18.1 Å². The molecule has 0 unspecified atom stereocenters. The van der Waals surface area contributed by atoms with Gasteiger partial charge in [-0.05, 0) is 43.7 Å². The summed E-state index contributed by atoms with van der Waals surface area (Å²) >= 11 is 0. The van der Waals surface area contributed by atoms with Crippen LogP contribution in [-0.2, 0) is 4.74 Å². The van der Waals surface area contributed by atoms with Gasteiger partial charge in [-0.3, -0.25) is 0 Å². The summed E-state index contributed by atoms with van der Waals surface area (Å²) < 4.78 is 16.8. The van der Waals surface area contributed by atoms with Crippen LogP contribution in [0.15, 0.2) is 47.5 Å². The molecule has 0 saturated heterocycles. The van der Waals surface area contributed by atoms with Crippen LogP contribution in [0.3, 0.4) is 0 Å². The van der Waals surface area contributed by atoms with E-state index < -0.39 is 0 Å². The Morgan fingerprint density at radius 3 is 2.48 bits per heavy atom. The lowest BCUT2D eigenvalue weighted by atomic mass is 9.98. The van der Waals surface area contributed by atoms with E-state index in [0.717, 1.165) is 28.2 Å². The largest absolute Gasteiger partial charge is 0.497 e. The molecule has 0 radical (unpaired) electrons. The first-order valence-electron chi connectivity index (χ1n) is 7.58. The van der Waals surface area contributed by atoms with Crippen LogP contribution in [0.4, 0.5) is 0 Å². The van der Waals surface area contributed by atoms with Crippen molar-refractivity contribution in [3.05, 3.63) is 48.0 Å². The van der Waals surface area contributed by atoms with Crippen LogP contribution < -0.4 is 9.47 Å². The molecule has 0 fully saturated rings. The molecule has 4 heteroatoms. The number of aliphatic imine (C=N–C) groups is 1. The molecular weight excluding hydrogens is 290 g/mol. The minimum atomic E-state index is -0.204. The maximum atomic E-state index is 5.84. The van der Waals surface area contributed by atoms with Crippen LogP contribution in [0.5, 0.6) is 11.5 Å². The molecule has 0 aromatic heterocycles. The molecule has 0 spiro atoms. The summed E-state index contributed by atoms with van der Waals surface area (Å²) in [5.41, 5.74) is 2.70. The average Bonchev–Trinajstić information content (AvgIpc) is 2.94. The highest BCUT2D eigenvalue weighted by atomic mass is 16.5. The third-order valence-corrected chi connectivity index (χ3v) is 3.80. The van der Waals surface area contributed by atoms with Gasteiger partial charge in [0.25, 0.3) is 0 Å². The van der Waals surface area contributed by atoms with Gasteiger partial charge in [0.2, 0.25) is 5.90 Å². The van der Waals surface area contributed by atoms with Crippen LogP contribution in [0.25, 0.3) is 11.1 Å². The zero-order chi connectivity index (χ0) is 16.4. The van der Waals surface area contributed by atoms with Crippen LogP contribution in [0.1, 0.15) is 19.4 Å². The highest BCUT2D eigenvalue weighted by molar-refractivity contribution is 6.03. The first-order chi connectivity index (χ1) is 11.0. The molecule has 4 nitrogen and oxygen atoms in total. The second kappa shape index (κ2) is 5.95. The summed E-state index contributed by atoms with van der Waals surface area (Å²) in [6.45, 7) is 4.70. The fourth-order valence-electron chi connectivity index (χ4n) is 2.68. The minimum Gasteiger partial charge on any atom is -0.497 e. The number of benzene rings is 2. The zero-order valence-corrected chi connectivity index (χ0v) is 13.9. The van der Waals surface area contributed by atoms with E-state index in [4.69, 9.17) is 19.2 Å². The lowest BCUT2D eigenvalue weighted by Gasteiger charge is -2.14. The number of nitrogens with zero attached hydrogens (tertiary/aromatic N) is 1. The molecule has 0 amide bonds. The van der Waals surface area contributed by atoms with E-state index in [1.807, 2.05) is 42.5 Å². The van der Waals surface area contributed by atoms with Crippen molar-refractivity contribution in [3.63, 3.8) is 0 Å². The lowest BCUT2D eigenvalue weighted by molar-refractivity contribution is 0.279. The highest BCUT2D eigenvalue weighted by Crippen LogP contribution is 2.37. The summed E-state index contributed by atoms with van der Waals surface area (Å²) in [5.74, 6) is 2.24. The average molecular weight is 311 g/mol. The molecule has 3 rings (SSSR count). The van der Waals surface area contributed by atoms with Gasteiger partial charge in [-0.2, -0.15) is 0 Å². The Hall–Kier alpha value is -2.49. The fourth-order valence-corrected chi connectivity index (χ4v) is 2.68. The second-order valence-corrected chi connectivity index (χ2v) is 6.13. The third-order valence-electron chi connectivity index (χ3n) is 3.80. The van der Waals surface area contributed by atoms with Gasteiger partial charge < -0.3 is 14.2 Å². The molecule has 1 aliphatic rings. The Kier molecular flexibility index (Phi) is 3.99. The first kappa shape index (κ1) is 15.4. The van der Waals surface area contributed by atoms with Crippen LogP contribution >= 0.6 is 0 Å². The van der Waals surface area contributed by atoms with E-state index in [0.29, 0.717) is 12.5 Å². The van der Waals surface area contributed by atoms with E-state index >= 15 is 0 Å².